The summed E-state index contributed by atoms with van der Waals surface area (Å²) in [5.41, 5.74) is 0.886. The average molecular weight is 314 g/mol. The van der Waals surface area contributed by atoms with E-state index in [0.717, 1.165) is 3.57 Å². The normalized spacial score (nSPS) is 21.0. The number of rotatable bonds is 0. The molecule has 1 aromatic carbocycles. The van der Waals surface area contributed by atoms with Crippen molar-refractivity contribution in [1.29, 1.82) is 0 Å². The third-order valence-corrected chi connectivity index (χ3v) is 2.76. The van der Waals surface area contributed by atoms with Crippen molar-refractivity contribution >= 4 is 22.6 Å². The van der Waals surface area contributed by atoms with Gasteiger partial charge in [0.2, 0.25) is 0 Å². The molecule has 1 nitrogen and oxygen atoms in total. The molecule has 1 heterocycles. The minimum absolute atomic E-state index is 0.0519. The van der Waals surface area contributed by atoms with Gasteiger partial charge in [0, 0.05) is 3.57 Å². The van der Waals surface area contributed by atoms with E-state index in [-0.39, 0.29) is 12.2 Å². The molecule has 0 saturated heterocycles. The Morgan fingerprint density at radius 3 is 2.71 bits per heavy atom. The van der Waals surface area contributed by atoms with E-state index in [1.54, 1.807) is 12.1 Å². The first-order valence-electron chi connectivity index (χ1n) is 3.95. The van der Waals surface area contributed by atoms with Crippen molar-refractivity contribution in [1.82, 2.24) is 0 Å². The third kappa shape index (κ3) is 1.75. The second-order valence-corrected chi connectivity index (χ2v) is 4.32. The second-order valence-electron chi connectivity index (χ2n) is 3.08. The first-order chi connectivity index (χ1) is 6.48. The minimum atomic E-state index is -4.31. The fourth-order valence-corrected chi connectivity index (χ4v) is 2.04. The number of hydrogen-bond acceptors (Lipinski definition) is 1. The highest BCUT2D eigenvalue weighted by Crippen LogP contribution is 2.42. The van der Waals surface area contributed by atoms with Crippen LogP contribution in [0.5, 0.6) is 0 Å². The molecule has 1 atom stereocenters. The van der Waals surface area contributed by atoms with Crippen molar-refractivity contribution in [3.05, 3.63) is 32.9 Å². The molecule has 1 aliphatic heterocycles. The maximum Gasteiger partial charge on any atom is 0.418 e. The second kappa shape index (κ2) is 3.37. The van der Waals surface area contributed by atoms with Crippen LogP contribution < -0.4 is 0 Å². The predicted molar refractivity (Wildman–Crippen MR) is 52.7 cm³/mol. The van der Waals surface area contributed by atoms with Crippen LogP contribution in [0.25, 0.3) is 0 Å². The molecule has 0 aromatic heterocycles. The summed E-state index contributed by atoms with van der Waals surface area (Å²) in [6.07, 6.45) is -6.05. The van der Waals surface area contributed by atoms with Gasteiger partial charge in [-0.3, -0.25) is 0 Å². The molecule has 0 bridgehead atoms. The molecule has 5 heteroatoms. The molecule has 76 valence electrons. The number of fused-ring (bicyclic) bond motifs is 1. The van der Waals surface area contributed by atoms with Crippen LogP contribution in [0.3, 0.4) is 0 Å². The molecule has 1 aliphatic rings. The molecule has 0 N–H and O–H groups in total. The summed E-state index contributed by atoms with van der Waals surface area (Å²) in [6.45, 7) is 0.0519. The Balaban J connectivity index is 2.41. The summed E-state index contributed by atoms with van der Waals surface area (Å²) in [7, 11) is 0. The van der Waals surface area contributed by atoms with E-state index >= 15 is 0 Å². The molecular weight excluding hydrogens is 308 g/mol. The maximum absolute atomic E-state index is 12.4. The lowest BCUT2D eigenvalue weighted by Crippen LogP contribution is -2.19. The number of benzene rings is 1. The monoisotopic (exact) mass is 314 g/mol. The molecule has 1 aromatic rings. The van der Waals surface area contributed by atoms with E-state index in [9.17, 15) is 13.2 Å². The van der Waals surface area contributed by atoms with Crippen molar-refractivity contribution < 1.29 is 17.9 Å². The highest BCUT2D eigenvalue weighted by molar-refractivity contribution is 14.1. The van der Waals surface area contributed by atoms with Gasteiger partial charge in [0.15, 0.2) is 6.10 Å². The smallest absolute Gasteiger partial charge is 0.359 e. The van der Waals surface area contributed by atoms with Gasteiger partial charge in [-0.15, -0.1) is 0 Å². The molecule has 0 radical (unpaired) electrons. The van der Waals surface area contributed by atoms with E-state index in [4.69, 9.17) is 4.74 Å². The van der Waals surface area contributed by atoms with Crippen LogP contribution in [0.2, 0.25) is 0 Å². The lowest BCUT2D eigenvalue weighted by atomic mass is 10.1. The summed E-state index contributed by atoms with van der Waals surface area (Å²) in [4.78, 5) is 0. The van der Waals surface area contributed by atoms with Gasteiger partial charge in [-0.2, -0.15) is 13.2 Å². The zero-order valence-corrected chi connectivity index (χ0v) is 9.09. The maximum atomic E-state index is 12.4. The summed E-state index contributed by atoms with van der Waals surface area (Å²) in [6, 6.07) is 4.87. The van der Waals surface area contributed by atoms with Crippen LogP contribution in [0.1, 0.15) is 17.2 Å². The molecule has 14 heavy (non-hydrogen) atoms. The van der Waals surface area contributed by atoms with Crippen molar-refractivity contribution in [3.8, 4) is 0 Å². The van der Waals surface area contributed by atoms with Crippen molar-refractivity contribution in [2.24, 2.45) is 0 Å². The third-order valence-electron chi connectivity index (χ3n) is 2.09. The van der Waals surface area contributed by atoms with E-state index < -0.39 is 12.3 Å². The predicted octanol–water partition coefficient (Wildman–Crippen LogP) is 3.42. The lowest BCUT2D eigenvalue weighted by molar-refractivity contribution is -0.219. The Morgan fingerprint density at radius 2 is 2.07 bits per heavy atom. The Hall–Kier alpha value is -0.300. The summed E-state index contributed by atoms with van der Waals surface area (Å²) in [5, 5.41) is 0. The number of halogens is 4. The summed E-state index contributed by atoms with van der Waals surface area (Å²) >= 11 is 2.06. The lowest BCUT2D eigenvalue weighted by Gasteiger charge is -2.14. The van der Waals surface area contributed by atoms with Gasteiger partial charge in [-0.1, -0.05) is 6.07 Å². The Morgan fingerprint density at radius 1 is 1.36 bits per heavy atom. The molecule has 0 spiro atoms. The highest BCUT2D eigenvalue weighted by Gasteiger charge is 2.45. The van der Waals surface area contributed by atoms with Gasteiger partial charge in [0.05, 0.1) is 6.61 Å². The minimum Gasteiger partial charge on any atom is -0.359 e. The highest BCUT2D eigenvalue weighted by atomic mass is 127. The first-order valence-corrected chi connectivity index (χ1v) is 5.03. The molecule has 0 amide bonds. The largest absolute Gasteiger partial charge is 0.418 e. The quantitative estimate of drug-likeness (QED) is 0.667. The Kier molecular flexibility index (Phi) is 2.46. The van der Waals surface area contributed by atoms with Crippen LogP contribution in [0.4, 0.5) is 13.2 Å². The molecule has 1 unspecified atom stereocenters. The fourth-order valence-electron chi connectivity index (χ4n) is 1.49. The van der Waals surface area contributed by atoms with Crippen molar-refractivity contribution in [2.75, 3.05) is 0 Å². The first kappa shape index (κ1) is 10.2. The van der Waals surface area contributed by atoms with E-state index in [1.165, 1.54) is 6.07 Å². The Bertz CT molecular complexity index is 362. The van der Waals surface area contributed by atoms with Crippen molar-refractivity contribution in [2.45, 2.75) is 18.9 Å². The van der Waals surface area contributed by atoms with Gasteiger partial charge >= 0.3 is 6.18 Å². The fraction of sp³-hybridized carbons (Fsp3) is 0.333. The van der Waals surface area contributed by atoms with Crippen LogP contribution in [0.15, 0.2) is 18.2 Å². The summed E-state index contributed by atoms with van der Waals surface area (Å²) < 4.78 is 42.9. The van der Waals surface area contributed by atoms with Crippen LogP contribution in [-0.2, 0) is 11.3 Å². The average Bonchev–Trinajstić information content (AvgIpc) is 2.45. The number of ether oxygens (including phenoxy) is 1. The standard InChI is InChI=1S/C9H6F3IO/c10-9(11,12)8-7-2-1-6(13)3-5(7)4-14-8/h1-3,8H,4H2. The molecule has 0 fully saturated rings. The van der Waals surface area contributed by atoms with Gasteiger partial charge in [-0.05, 0) is 45.9 Å². The molecular formula is C9H6F3IO. The van der Waals surface area contributed by atoms with Crippen molar-refractivity contribution in [3.63, 3.8) is 0 Å². The Labute approximate surface area is 92.4 Å². The van der Waals surface area contributed by atoms with Gasteiger partial charge in [0.1, 0.15) is 0 Å². The SMILES string of the molecule is FC(F)(F)C1OCc2cc(I)ccc21. The van der Waals surface area contributed by atoms with Crippen LogP contribution in [0, 0.1) is 3.57 Å². The van der Waals surface area contributed by atoms with Crippen LogP contribution >= 0.6 is 22.6 Å². The van der Waals surface area contributed by atoms with Gasteiger partial charge in [0.25, 0.3) is 0 Å². The van der Waals surface area contributed by atoms with E-state index in [2.05, 4.69) is 22.6 Å². The number of alkyl halides is 3. The van der Waals surface area contributed by atoms with Crippen LogP contribution in [-0.4, -0.2) is 6.18 Å². The van der Waals surface area contributed by atoms with E-state index in [1.807, 2.05) is 0 Å². The van der Waals surface area contributed by atoms with E-state index in [0.29, 0.717) is 5.56 Å². The van der Waals surface area contributed by atoms with Gasteiger partial charge in [-0.25, -0.2) is 0 Å². The topological polar surface area (TPSA) is 9.23 Å². The molecule has 2 rings (SSSR count). The molecule has 0 saturated carbocycles. The molecule has 0 aliphatic carbocycles. The zero-order valence-electron chi connectivity index (χ0n) is 6.94. The summed E-state index contributed by atoms with van der Waals surface area (Å²) in [5.74, 6) is 0. The zero-order chi connectivity index (χ0) is 10.3. The van der Waals surface area contributed by atoms with Gasteiger partial charge < -0.3 is 4.74 Å². The number of hydrogen-bond donors (Lipinski definition) is 0.